The van der Waals surface area contributed by atoms with Gasteiger partial charge < -0.3 is 14.7 Å². The zero-order valence-corrected chi connectivity index (χ0v) is 17.9. The van der Waals surface area contributed by atoms with Crippen molar-refractivity contribution in [2.45, 2.75) is 24.3 Å². The second-order valence-corrected chi connectivity index (χ2v) is 9.11. The minimum absolute atomic E-state index is 0.0848. The molecule has 1 unspecified atom stereocenters. The molecule has 0 saturated carbocycles. The second kappa shape index (κ2) is 8.52. The first kappa shape index (κ1) is 21.3. The molecule has 154 valence electrons. The van der Waals surface area contributed by atoms with E-state index in [9.17, 15) is 23.1 Å². The quantitative estimate of drug-likeness (QED) is 0.654. The van der Waals surface area contributed by atoms with Crippen LogP contribution in [0.1, 0.15) is 24.9 Å². The topological polar surface area (TPSA) is 113 Å². The van der Waals surface area contributed by atoms with Gasteiger partial charge in [-0.15, -0.1) is 0 Å². The van der Waals surface area contributed by atoms with Gasteiger partial charge in [-0.2, -0.15) is 0 Å². The molecule has 1 aliphatic heterocycles. The maximum Gasteiger partial charge on any atom is 0.305 e. The number of anilines is 1. The molecule has 1 heterocycles. The Morgan fingerprint density at radius 1 is 1.28 bits per heavy atom. The van der Waals surface area contributed by atoms with Gasteiger partial charge in [-0.3, -0.25) is 9.59 Å². The van der Waals surface area contributed by atoms with Crippen LogP contribution in [0.25, 0.3) is 0 Å². The number of carboxylic acids is 1. The molecule has 1 aliphatic rings. The Kier molecular flexibility index (Phi) is 6.25. The second-order valence-electron chi connectivity index (χ2n) is 6.48. The predicted molar refractivity (Wildman–Crippen MR) is 109 cm³/mol. The van der Waals surface area contributed by atoms with E-state index in [-0.39, 0.29) is 10.8 Å². The van der Waals surface area contributed by atoms with E-state index < -0.39 is 28.5 Å². The van der Waals surface area contributed by atoms with Crippen LogP contribution in [0.3, 0.4) is 0 Å². The van der Waals surface area contributed by atoms with E-state index in [1.807, 2.05) is 0 Å². The first-order valence-corrected chi connectivity index (χ1v) is 11.0. The number of nitrogens with zero attached hydrogens (tertiary/aromatic N) is 1. The van der Waals surface area contributed by atoms with Gasteiger partial charge in [0.25, 0.3) is 0 Å². The highest BCUT2D eigenvalue weighted by Crippen LogP contribution is 2.34. The van der Waals surface area contributed by atoms with E-state index in [4.69, 9.17) is 4.74 Å². The maximum absolute atomic E-state index is 13.0. The molecule has 1 atom stereocenters. The number of ether oxygens (including phenoxy) is 1. The Hall–Kier alpha value is -2.43. The fourth-order valence-electron chi connectivity index (χ4n) is 3.07. The van der Waals surface area contributed by atoms with E-state index in [0.717, 1.165) is 0 Å². The summed E-state index contributed by atoms with van der Waals surface area (Å²) >= 11 is 3.31. The lowest BCUT2D eigenvalue weighted by molar-refractivity contribution is -0.137. The number of amides is 1. The number of benzene rings is 2. The number of hydrogen-bond donors (Lipinski definition) is 2. The summed E-state index contributed by atoms with van der Waals surface area (Å²) in [4.78, 5) is 24.5. The van der Waals surface area contributed by atoms with Crippen molar-refractivity contribution in [2.75, 3.05) is 18.1 Å². The minimum Gasteiger partial charge on any atom is -0.490 e. The van der Waals surface area contributed by atoms with Crippen molar-refractivity contribution in [2.24, 2.45) is 0 Å². The fraction of sp³-hybridized carbons (Fsp3) is 0.263. The van der Waals surface area contributed by atoms with Crippen molar-refractivity contribution in [1.82, 2.24) is 4.72 Å². The Labute approximate surface area is 176 Å². The monoisotopic (exact) mass is 482 g/mol. The fourth-order valence-corrected chi connectivity index (χ4v) is 4.73. The zero-order valence-electron chi connectivity index (χ0n) is 15.5. The van der Waals surface area contributed by atoms with Gasteiger partial charge in [0, 0.05) is 11.4 Å². The van der Waals surface area contributed by atoms with Gasteiger partial charge in [0.15, 0.2) is 0 Å². The summed E-state index contributed by atoms with van der Waals surface area (Å²) < 4.78 is 34.6. The van der Waals surface area contributed by atoms with Crippen molar-refractivity contribution in [1.29, 1.82) is 0 Å². The predicted octanol–water partition coefficient (Wildman–Crippen LogP) is 2.69. The average Bonchev–Trinajstić information content (AvgIpc) is 2.66. The first-order valence-electron chi connectivity index (χ1n) is 8.72. The third-order valence-corrected chi connectivity index (χ3v) is 6.37. The van der Waals surface area contributed by atoms with Gasteiger partial charge in [0.1, 0.15) is 12.4 Å². The van der Waals surface area contributed by atoms with E-state index in [1.165, 1.54) is 30.0 Å². The number of halogens is 1. The number of carbonyl (C=O) groups is 2. The maximum atomic E-state index is 13.0. The summed E-state index contributed by atoms with van der Waals surface area (Å²) in [6.07, 6.45) is -0.427. The van der Waals surface area contributed by atoms with Crippen LogP contribution in [-0.2, 0) is 19.6 Å². The summed E-state index contributed by atoms with van der Waals surface area (Å²) in [6, 6.07) is 10.0. The van der Waals surface area contributed by atoms with Gasteiger partial charge in [-0.05, 0) is 35.9 Å². The SMILES string of the molecule is CC(=O)N1CCOc2ccc(S(=O)(=O)NC(CC(=O)O)c3cccc(Br)c3)cc21. The number of carboxylic acid groups (broad SMARTS) is 1. The lowest BCUT2D eigenvalue weighted by Crippen LogP contribution is -2.36. The Bertz CT molecular complexity index is 1060. The lowest BCUT2D eigenvalue weighted by atomic mass is 10.1. The standard InChI is InChI=1S/C19H19BrN2O6S/c1-12(23)22-7-8-28-18-6-5-15(10-17(18)22)29(26,27)21-16(11-19(24)25)13-3-2-4-14(20)9-13/h2-6,9-10,16,21H,7-8,11H2,1H3,(H,24,25). The average molecular weight is 483 g/mol. The first-order chi connectivity index (χ1) is 13.7. The number of carbonyl (C=O) groups excluding carboxylic acids is 1. The highest BCUT2D eigenvalue weighted by Gasteiger charge is 2.27. The van der Waals surface area contributed by atoms with Crippen molar-refractivity contribution in [3.8, 4) is 5.75 Å². The largest absolute Gasteiger partial charge is 0.490 e. The normalized spacial score (nSPS) is 14.6. The number of hydrogen-bond acceptors (Lipinski definition) is 5. The summed E-state index contributed by atoms with van der Waals surface area (Å²) in [6.45, 7) is 2.03. The number of sulfonamides is 1. The Morgan fingerprint density at radius 3 is 2.69 bits per heavy atom. The molecule has 0 fully saturated rings. The van der Waals surface area contributed by atoms with Gasteiger partial charge in [0.05, 0.1) is 29.6 Å². The van der Waals surface area contributed by atoms with E-state index in [1.54, 1.807) is 24.3 Å². The summed E-state index contributed by atoms with van der Waals surface area (Å²) in [5.41, 5.74) is 0.876. The van der Waals surface area contributed by atoms with Crippen LogP contribution in [0.2, 0.25) is 0 Å². The molecule has 0 aromatic heterocycles. The third-order valence-electron chi connectivity index (χ3n) is 4.41. The molecule has 0 saturated heterocycles. The minimum atomic E-state index is -4.07. The molecule has 0 radical (unpaired) electrons. The highest BCUT2D eigenvalue weighted by atomic mass is 79.9. The van der Waals surface area contributed by atoms with Crippen LogP contribution in [0, 0.1) is 0 Å². The van der Waals surface area contributed by atoms with Crippen LogP contribution in [0.4, 0.5) is 5.69 Å². The lowest BCUT2D eigenvalue weighted by Gasteiger charge is -2.29. The van der Waals surface area contributed by atoms with Gasteiger partial charge in [0.2, 0.25) is 15.9 Å². The number of nitrogens with one attached hydrogen (secondary N) is 1. The van der Waals surface area contributed by atoms with Crippen molar-refractivity contribution in [3.63, 3.8) is 0 Å². The van der Waals surface area contributed by atoms with E-state index in [2.05, 4.69) is 20.7 Å². The molecule has 29 heavy (non-hydrogen) atoms. The summed E-state index contributed by atoms with van der Waals surface area (Å²) in [5, 5.41) is 9.23. The van der Waals surface area contributed by atoms with Crippen LogP contribution in [-0.4, -0.2) is 38.6 Å². The molecule has 0 aliphatic carbocycles. The molecular formula is C19H19BrN2O6S. The summed E-state index contributed by atoms with van der Waals surface area (Å²) in [5.74, 6) is -0.950. The molecule has 8 nitrogen and oxygen atoms in total. The Balaban J connectivity index is 1.96. The number of aliphatic carboxylic acids is 1. The van der Waals surface area contributed by atoms with Gasteiger partial charge in [-0.1, -0.05) is 28.1 Å². The molecule has 0 spiro atoms. The molecular weight excluding hydrogens is 464 g/mol. The smallest absolute Gasteiger partial charge is 0.305 e. The van der Waals surface area contributed by atoms with E-state index in [0.29, 0.717) is 34.6 Å². The number of rotatable bonds is 6. The number of fused-ring (bicyclic) bond motifs is 1. The van der Waals surface area contributed by atoms with Crippen molar-refractivity contribution >= 4 is 43.5 Å². The Morgan fingerprint density at radius 2 is 2.03 bits per heavy atom. The molecule has 2 aromatic carbocycles. The molecule has 0 bridgehead atoms. The van der Waals surface area contributed by atoms with Gasteiger partial charge in [-0.25, -0.2) is 13.1 Å². The van der Waals surface area contributed by atoms with Crippen LogP contribution < -0.4 is 14.4 Å². The van der Waals surface area contributed by atoms with Crippen LogP contribution in [0.5, 0.6) is 5.75 Å². The molecule has 3 rings (SSSR count). The molecule has 2 aromatic rings. The van der Waals surface area contributed by atoms with Crippen LogP contribution >= 0.6 is 15.9 Å². The highest BCUT2D eigenvalue weighted by molar-refractivity contribution is 9.10. The van der Waals surface area contributed by atoms with Crippen molar-refractivity contribution < 1.29 is 27.9 Å². The summed E-state index contributed by atoms with van der Waals surface area (Å²) in [7, 11) is -4.07. The molecule has 2 N–H and O–H groups in total. The van der Waals surface area contributed by atoms with E-state index >= 15 is 0 Å². The van der Waals surface area contributed by atoms with Gasteiger partial charge >= 0.3 is 5.97 Å². The molecule has 1 amide bonds. The third kappa shape index (κ3) is 4.95. The van der Waals surface area contributed by atoms with Crippen LogP contribution in [0.15, 0.2) is 51.8 Å². The zero-order chi connectivity index (χ0) is 21.2. The molecule has 10 heteroatoms. The van der Waals surface area contributed by atoms with Crippen molar-refractivity contribution in [3.05, 3.63) is 52.5 Å².